The molecule has 0 aliphatic carbocycles. The van der Waals surface area contributed by atoms with Crippen molar-refractivity contribution < 1.29 is 4.42 Å². The fourth-order valence-electron chi connectivity index (χ4n) is 7.05. The lowest BCUT2D eigenvalue weighted by Crippen LogP contribution is -1.94. The summed E-state index contributed by atoms with van der Waals surface area (Å²) in [5, 5.41) is 8.08. The summed E-state index contributed by atoms with van der Waals surface area (Å²) < 4.78 is 8.66. The molecule has 3 nitrogen and oxygen atoms in total. The van der Waals surface area contributed by atoms with E-state index in [1.165, 1.54) is 49.6 Å². The van der Waals surface area contributed by atoms with Crippen LogP contribution in [0.3, 0.4) is 0 Å². The molecule has 51 heavy (non-hydrogen) atoms. The molecular weight excluding hydrogens is 621 g/mol. The molecular formula is C48H34N2O. The average molecular weight is 655 g/mol. The van der Waals surface area contributed by atoms with Gasteiger partial charge >= 0.3 is 0 Å². The number of benzene rings is 7. The zero-order valence-electron chi connectivity index (χ0n) is 27.9. The van der Waals surface area contributed by atoms with Gasteiger partial charge in [0, 0.05) is 28.0 Å². The third-order valence-corrected chi connectivity index (χ3v) is 9.48. The van der Waals surface area contributed by atoms with E-state index in [1.807, 2.05) is 60.8 Å². The SMILES string of the molecule is C(/C=C\c1ccccc1)=C/C=C/Nc1ccc(-c2cccc(-c3ccc4c(c3)c3ccccc3n4-c3cccc4oc5ccccc5c34)c2)cc1. The van der Waals surface area contributed by atoms with Crippen LogP contribution >= 0.6 is 0 Å². The molecule has 9 aromatic rings. The summed E-state index contributed by atoms with van der Waals surface area (Å²) in [6.07, 6.45) is 12.1. The van der Waals surface area contributed by atoms with Crippen molar-refractivity contribution >= 4 is 55.5 Å². The zero-order valence-corrected chi connectivity index (χ0v) is 27.9. The Morgan fingerprint density at radius 2 is 1.12 bits per heavy atom. The van der Waals surface area contributed by atoms with Crippen LogP contribution in [0, 0.1) is 0 Å². The van der Waals surface area contributed by atoms with Crippen LogP contribution in [0.15, 0.2) is 199 Å². The molecule has 9 rings (SSSR count). The summed E-state index contributed by atoms with van der Waals surface area (Å²) in [4.78, 5) is 0. The first-order valence-corrected chi connectivity index (χ1v) is 17.3. The minimum absolute atomic E-state index is 0.897. The smallest absolute Gasteiger partial charge is 0.137 e. The van der Waals surface area contributed by atoms with Crippen molar-refractivity contribution in [2.24, 2.45) is 0 Å². The van der Waals surface area contributed by atoms with E-state index < -0.39 is 0 Å². The highest BCUT2D eigenvalue weighted by atomic mass is 16.3. The van der Waals surface area contributed by atoms with E-state index >= 15 is 0 Å². The average Bonchev–Trinajstić information content (AvgIpc) is 3.74. The van der Waals surface area contributed by atoms with Crippen LogP contribution in [0.4, 0.5) is 5.69 Å². The van der Waals surface area contributed by atoms with Gasteiger partial charge in [-0.15, -0.1) is 0 Å². The summed E-state index contributed by atoms with van der Waals surface area (Å²) in [7, 11) is 0. The Labute approximate surface area is 296 Å². The van der Waals surface area contributed by atoms with Crippen LogP contribution in [-0.2, 0) is 0 Å². The van der Waals surface area contributed by atoms with Crippen LogP contribution in [0.2, 0.25) is 0 Å². The van der Waals surface area contributed by atoms with Crippen molar-refractivity contribution in [3.05, 3.63) is 200 Å². The number of hydrogen-bond donors (Lipinski definition) is 1. The predicted octanol–water partition coefficient (Wildman–Crippen LogP) is 13.2. The molecule has 7 aromatic carbocycles. The zero-order chi connectivity index (χ0) is 34.0. The lowest BCUT2D eigenvalue weighted by atomic mass is 9.98. The maximum Gasteiger partial charge on any atom is 0.137 e. The first-order valence-electron chi connectivity index (χ1n) is 17.3. The third kappa shape index (κ3) is 5.81. The van der Waals surface area contributed by atoms with Gasteiger partial charge in [0.15, 0.2) is 0 Å². The normalized spacial score (nSPS) is 12.1. The first kappa shape index (κ1) is 30.2. The number of para-hydroxylation sites is 2. The lowest BCUT2D eigenvalue weighted by Gasteiger charge is -2.10. The van der Waals surface area contributed by atoms with Crippen molar-refractivity contribution in [1.29, 1.82) is 0 Å². The Kier molecular flexibility index (Phi) is 7.84. The standard InChI is InChI=1S/C48H34N2O/c1(4-14-34-15-5-3-6-16-34)2-11-31-49-39-28-25-35(26-29-39)36-17-12-18-37(32-36)38-27-30-44-42(33-38)40-19-7-9-21-43(40)50(44)45-22-13-24-47-48(45)41-20-8-10-23-46(41)51-47/h1-33,49H/b2-1-,14-4-,31-11+. The van der Waals surface area contributed by atoms with E-state index in [2.05, 4.69) is 149 Å². The lowest BCUT2D eigenvalue weighted by molar-refractivity contribution is 0.669. The molecule has 0 amide bonds. The molecule has 3 heteroatoms. The van der Waals surface area contributed by atoms with Gasteiger partial charge in [0.25, 0.3) is 0 Å². The van der Waals surface area contributed by atoms with Gasteiger partial charge in [-0.2, -0.15) is 0 Å². The van der Waals surface area contributed by atoms with Gasteiger partial charge in [0.2, 0.25) is 0 Å². The molecule has 0 saturated carbocycles. The van der Waals surface area contributed by atoms with Crippen LogP contribution in [0.5, 0.6) is 0 Å². The van der Waals surface area contributed by atoms with E-state index in [-0.39, 0.29) is 0 Å². The van der Waals surface area contributed by atoms with Crippen molar-refractivity contribution in [1.82, 2.24) is 4.57 Å². The van der Waals surface area contributed by atoms with Crippen LogP contribution in [-0.4, -0.2) is 4.57 Å². The second-order valence-corrected chi connectivity index (χ2v) is 12.6. The molecule has 0 fully saturated rings. The highest BCUT2D eigenvalue weighted by molar-refractivity contribution is 6.14. The summed E-state index contributed by atoms with van der Waals surface area (Å²) in [6.45, 7) is 0. The minimum atomic E-state index is 0.897. The number of allylic oxidation sites excluding steroid dienone is 4. The molecule has 1 N–H and O–H groups in total. The fraction of sp³-hybridized carbons (Fsp3) is 0. The summed E-state index contributed by atoms with van der Waals surface area (Å²) >= 11 is 0. The van der Waals surface area contributed by atoms with Gasteiger partial charge < -0.3 is 14.3 Å². The molecule has 0 aliphatic heterocycles. The largest absolute Gasteiger partial charge is 0.456 e. The fourth-order valence-corrected chi connectivity index (χ4v) is 7.05. The van der Waals surface area contributed by atoms with Crippen LogP contribution < -0.4 is 5.32 Å². The second kappa shape index (κ2) is 13.2. The Balaban J connectivity index is 0.993. The summed E-state index contributed by atoms with van der Waals surface area (Å²) in [5.41, 5.74) is 12.2. The van der Waals surface area contributed by atoms with Gasteiger partial charge in [-0.25, -0.2) is 0 Å². The van der Waals surface area contributed by atoms with Gasteiger partial charge in [0.1, 0.15) is 11.2 Å². The number of furan rings is 1. The maximum absolute atomic E-state index is 6.27. The Morgan fingerprint density at radius 1 is 0.451 bits per heavy atom. The van der Waals surface area contributed by atoms with Crippen LogP contribution in [0.1, 0.15) is 5.56 Å². The van der Waals surface area contributed by atoms with Gasteiger partial charge in [-0.05, 0) is 88.5 Å². The highest BCUT2D eigenvalue weighted by Gasteiger charge is 2.18. The quantitative estimate of drug-likeness (QED) is 0.165. The molecule has 242 valence electrons. The first-order chi connectivity index (χ1) is 25.3. The van der Waals surface area contributed by atoms with E-state index in [9.17, 15) is 0 Å². The van der Waals surface area contributed by atoms with Crippen molar-refractivity contribution in [3.63, 3.8) is 0 Å². The van der Waals surface area contributed by atoms with Gasteiger partial charge in [-0.3, -0.25) is 0 Å². The monoisotopic (exact) mass is 654 g/mol. The second-order valence-electron chi connectivity index (χ2n) is 12.6. The number of rotatable bonds is 8. The molecule has 0 spiro atoms. The minimum Gasteiger partial charge on any atom is -0.456 e. The Bertz CT molecular complexity index is 2760. The molecule has 2 aromatic heterocycles. The Morgan fingerprint density at radius 3 is 2.00 bits per heavy atom. The summed E-state index contributed by atoms with van der Waals surface area (Å²) in [6, 6.07) is 57.9. The third-order valence-electron chi connectivity index (χ3n) is 9.48. The van der Waals surface area contributed by atoms with Gasteiger partial charge in [0.05, 0.1) is 22.1 Å². The molecule has 0 aliphatic rings. The number of anilines is 1. The number of nitrogens with one attached hydrogen (secondary N) is 1. The van der Waals surface area contributed by atoms with Crippen molar-refractivity contribution in [3.8, 4) is 27.9 Å². The van der Waals surface area contributed by atoms with E-state index in [1.54, 1.807) is 0 Å². The number of fused-ring (bicyclic) bond motifs is 6. The molecule has 2 heterocycles. The number of nitrogens with zero attached hydrogens (tertiary/aromatic N) is 1. The number of aromatic nitrogens is 1. The molecule has 0 saturated heterocycles. The van der Waals surface area contributed by atoms with Crippen molar-refractivity contribution in [2.75, 3.05) is 5.32 Å². The predicted molar refractivity (Wildman–Crippen MR) is 216 cm³/mol. The van der Waals surface area contributed by atoms with E-state index in [0.29, 0.717) is 0 Å². The van der Waals surface area contributed by atoms with Crippen LogP contribution in [0.25, 0.3) is 77.8 Å². The maximum atomic E-state index is 6.27. The molecule has 0 bridgehead atoms. The molecule has 0 atom stereocenters. The van der Waals surface area contributed by atoms with E-state index in [0.717, 1.165) is 33.3 Å². The number of hydrogen-bond acceptors (Lipinski definition) is 2. The van der Waals surface area contributed by atoms with Crippen molar-refractivity contribution in [2.45, 2.75) is 0 Å². The topological polar surface area (TPSA) is 30.1 Å². The molecule has 0 unspecified atom stereocenters. The molecule has 0 radical (unpaired) electrons. The Hall–Kier alpha value is -6.84. The highest BCUT2D eigenvalue weighted by Crippen LogP contribution is 2.40. The summed E-state index contributed by atoms with van der Waals surface area (Å²) in [5.74, 6) is 0. The van der Waals surface area contributed by atoms with E-state index in [4.69, 9.17) is 4.42 Å². The van der Waals surface area contributed by atoms with Gasteiger partial charge in [-0.1, -0.05) is 133 Å².